The van der Waals surface area contributed by atoms with Crippen LogP contribution in [-0.4, -0.2) is 76.3 Å². The molecule has 0 bridgehead atoms. The number of nitrogens with one attached hydrogen (secondary N) is 1. The molecule has 0 aliphatic carbocycles. The van der Waals surface area contributed by atoms with E-state index in [9.17, 15) is 33.0 Å². The number of nitrogens with zero attached hydrogens (tertiary/aromatic N) is 3. The zero-order valence-electron chi connectivity index (χ0n) is 30.6. The summed E-state index contributed by atoms with van der Waals surface area (Å²) in [6, 6.07) is 17.3. The number of carbonyl (C=O) groups excluding carboxylic acids is 1. The molecule has 0 saturated carbocycles. The molecule has 2 atom stereocenters. The lowest BCUT2D eigenvalue weighted by Crippen LogP contribution is -2.38. The van der Waals surface area contributed by atoms with Gasteiger partial charge in [0.1, 0.15) is 11.4 Å². The lowest BCUT2D eigenvalue weighted by molar-refractivity contribution is -0.143. The summed E-state index contributed by atoms with van der Waals surface area (Å²) >= 11 is 0. The Morgan fingerprint density at radius 1 is 0.926 bits per heavy atom. The summed E-state index contributed by atoms with van der Waals surface area (Å²) in [5, 5.41) is 22.2. The van der Waals surface area contributed by atoms with E-state index in [2.05, 4.69) is 15.2 Å². The van der Waals surface area contributed by atoms with Crippen LogP contribution >= 0.6 is 0 Å². The highest BCUT2D eigenvalue weighted by atomic mass is 19.4. The number of amides is 1. The Kier molecular flexibility index (Phi) is 11.8. The van der Waals surface area contributed by atoms with Crippen LogP contribution in [-0.2, 0) is 24.1 Å². The minimum Gasteiger partial charge on any atom is -0.496 e. The number of carboxylic acid groups (broad SMARTS) is 1. The molecule has 1 aromatic heterocycles. The molecule has 0 spiro atoms. The molecule has 3 N–H and O–H groups in total. The first kappa shape index (κ1) is 38.7. The maximum absolute atomic E-state index is 14.5. The van der Waals surface area contributed by atoms with Crippen LogP contribution in [0.25, 0.3) is 23.3 Å². The third-order valence-corrected chi connectivity index (χ3v) is 10.4. The number of carboxylic acids is 1. The molecule has 2 aliphatic heterocycles. The lowest BCUT2D eigenvalue weighted by Gasteiger charge is -2.31. The number of piperidine rings is 1. The van der Waals surface area contributed by atoms with E-state index in [-0.39, 0.29) is 36.4 Å². The van der Waals surface area contributed by atoms with Crippen molar-refractivity contribution in [1.82, 2.24) is 14.8 Å². The van der Waals surface area contributed by atoms with E-state index in [1.165, 1.54) is 19.3 Å². The van der Waals surface area contributed by atoms with Crippen molar-refractivity contribution in [3.8, 4) is 16.9 Å². The van der Waals surface area contributed by atoms with Crippen LogP contribution in [0.4, 0.5) is 18.9 Å². The second-order valence-electron chi connectivity index (χ2n) is 14.2. The first-order valence-electron chi connectivity index (χ1n) is 18.1. The number of ether oxygens (including phenoxy) is 1. The normalized spacial score (nSPS) is 18.3. The first-order valence-corrected chi connectivity index (χ1v) is 18.1. The number of carbonyl (C=O) groups is 2. The van der Waals surface area contributed by atoms with E-state index in [4.69, 9.17) is 4.74 Å². The maximum atomic E-state index is 14.5. The fraction of sp³-hybridized carbons (Fsp3) is 0.357. The summed E-state index contributed by atoms with van der Waals surface area (Å²) < 4.78 is 49.0. The number of pyridine rings is 1. The molecular formula is C42H45F3N4O5. The van der Waals surface area contributed by atoms with Gasteiger partial charge in [0.05, 0.1) is 24.7 Å². The predicted octanol–water partition coefficient (Wildman–Crippen LogP) is 7.68. The molecule has 54 heavy (non-hydrogen) atoms. The van der Waals surface area contributed by atoms with Crippen molar-refractivity contribution in [1.29, 1.82) is 0 Å². The van der Waals surface area contributed by atoms with Gasteiger partial charge in [-0.15, -0.1) is 0 Å². The number of likely N-dealkylation sites (tertiary alicyclic amines) is 2. The number of aliphatic carboxylic acids is 1. The van der Waals surface area contributed by atoms with Crippen molar-refractivity contribution < 1.29 is 37.7 Å². The number of benzene rings is 3. The topological polar surface area (TPSA) is 115 Å². The summed E-state index contributed by atoms with van der Waals surface area (Å²) in [7, 11) is 1.41. The number of aliphatic hydroxyl groups excluding tert-OH is 1. The van der Waals surface area contributed by atoms with E-state index in [1.807, 2.05) is 61.2 Å². The molecule has 284 valence electrons. The van der Waals surface area contributed by atoms with Crippen LogP contribution in [0.15, 0.2) is 66.9 Å². The van der Waals surface area contributed by atoms with E-state index >= 15 is 0 Å². The summed E-state index contributed by atoms with van der Waals surface area (Å²) in [6.07, 6.45) is 1.79. The number of halogens is 3. The minimum absolute atomic E-state index is 0.0488. The Morgan fingerprint density at radius 2 is 1.65 bits per heavy atom. The van der Waals surface area contributed by atoms with Crippen LogP contribution in [0, 0.1) is 19.8 Å². The minimum atomic E-state index is -4.64. The molecule has 2 fully saturated rings. The van der Waals surface area contributed by atoms with Gasteiger partial charge in [-0.2, -0.15) is 13.2 Å². The molecule has 0 radical (unpaired) electrons. The van der Waals surface area contributed by atoms with Gasteiger partial charge in [0, 0.05) is 50.2 Å². The molecule has 2 saturated heterocycles. The molecule has 2 aliphatic rings. The van der Waals surface area contributed by atoms with E-state index < -0.39 is 23.6 Å². The Morgan fingerprint density at radius 3 is 2.31 bits per heavy atom. The number of alkyl halides is 3. The number of rotatable bonds is 11. The average molecular weight is 743 g/mol. The van der Waals surface area contributed by atoms with E-state index in [1.54, 1.807) is 18.3 Å². The van der Waals surface area contributed by atoms with E-state index in [0.29, 0.717) is 49.5 Å². The second kappa shape index (κ2) is 16.5. The monoisotopic (exact) mass is 742 g/mol. The Labute approximate surface area is 313 Å². The summed E-state index contributed by atoms with van der Waals surface area (Å²) in [5.74, 6) is -1.51. The molecule has 3 heterocycles. The highest BCUT2D eigenvalue weighted by Gasteiger charge is 2.35. The standard InChI is InChI=1S/C42H45F3N4O5/c1-26-29(13-14-30-20-39(54-3)32(19-36(30)42(43,44)45)24-48-17-6-8-31(23-48)41(52)53)7-4-9-34(26)35-10-5-11-37(27(35)2)47-40(51)38-15-12-28(21-46-38)22-49-18-16-33(50)25-49/h4-5,7,9-15,19-21,31,33,50H,6,8,16-18,22-25H2,1-3H3,(H,47,51)(H,52,53)/b14-13+/t31-,33-/m1/s1. The fourth-order valence-corrected chi connectivity index (χ4v) is 7.40. The van der Waals surface area contributed by atoms with Gasteiger partial charge in [-0.1, -0.05) is 48.6 Å². The van der Waals surface area contributed by atoms with Crippen LogP contribution in [0.3, 0.4) is 0 Å². The van der Waals surface area contributed by atoms with Gasteiger partial charge in [0.25, 0.3) is 5.91 Å². The Bertz CT molecular complexity index is 2030. The van der Waals surface area contributed by atoms with Crippen LogP contribution < -0.4 is 10.1 Å². The molecular weight excluding hydrogens is 697 g/mol. The summed E-state index contributed by atoms with van der Waals surface area (Å²) in [6.45, 7) is 6.92. The maximum Gasteiger partial charge on any atom is 0.417 e. The molecule has 1 amide bonds. The van der Waals surface area contributed by atoms with Gasteiger partial charge < -0.3 is 20.3 Å². The SMILES string of the molecule is COc1cc(/C=C/c2cccc(-c3cccc(NC(=O)c4ccc(CN5CC[C@@H](O)C5)cn4)c3C)c2C)c(C(F)(F)F)cc1CN1CCC[C@@H](C(=O)O)C1. The third kappa shape index (κ3) is 9.00. The third-order valence-electron chi connectivity index (χ3n) is 10.4. The predicted molar refractivity (Wildman–Crippen MR) is 202 cm³/mol. The molecule has 12 heteroatoms. The zero-order chi connectivity index (χ0) is 38.6. The summed E-state index contributed by atoms with van der Waals surface area (Å²) in [4.78, 5) is 33.2. The number of anilines is 1. The van der Waals surface area contributed by atoms with Crippen molar-refractivity contribution in [3.63, 3.8) is 0 Å². The quantitative estimate of drug-likeness (QED) is 0.134. The number of methoxy groups -OCH3 is 1. The fourth-order valence-electron chi connectivity index (χ4n) is 7.40. The van der Waals surface area contributed by atoms with Crippen molar-refractivity contribution in [2.24, 2.45) is 5.92 Å². The first-order chi connectivity index (χ1) is 25.8. The lowest BCUT2D eigenvalue weighted by atomic mass is 9.92. The van der Waals surface area contributed by atoms with Gasteiger partial charge in [-0.05, 0) is 103 Å². The number of aliphatic hydroxyl groups is 1. The molecule has 6 rings (SSSR count). The van der Waals surface area contributed by atoms with Crippen LogP contribution in [0.1, 0.15) is 68.7 Å². The largest absolute Gasteiger partial charge is 0.496 e. The number of aromatic nitrogens is 1. The highest BCUT2D eigenvalue weighted by Crippen LogP contribution is 2.38. The molecule has 4 aromatic rings. The van der Waals surface area contributed by atoms with Gasteiger partial charge in [-0.25, -0.2) is 0 Å². The van der Waals surface area contributed by atoms with Gasteiger partial charge in [0.15, 0.2) is 0 Å². The van der Waals surface area contributed by atoms with Crippen LogP contribution in [0.5, 0.6) is 5.75 Å². The second-order valence-corrected chi connectivity index (χ2v) is 14.2. The average Bonchev–Trinajstić information content (AvgIpc) is 3.56. The van der Waals surface area contributed by atoms with Gasteiger partial charge >= 0.3 is 12.1 Å². The Hall–Kier alpha value is -5.04. The highest BCUT2D eigenvalue weighted by molar-refractivity contribution is 6.03. The Balaban J connectivity index is 1.21. The zero-order valence-corrected chi connectivity index (χ0v) is 30.6. The number of hydrogen-bond donors (Lipinski definition) is 3. The van der Waals surface area contributed by atoms with Crippen LogP contribution in [0.2, 0.25) is 0 Å². The van der Waals surface area contributed by atoms with Gasteiger partial charge in [0.2, 0.25) is 0 Å². The van der Waals surface area contributed by atoms with E-state index in [0.717, 1.165) is 52.4 Å². The number of β-amino-alcohol motifs (C(OH)–C–C–N with tert-alkyl or cyclic N) is 1. The van der Waals surface area contributed by atoms with Crippen molar-refractivity contribution in [3.05, 3.63) is 111 Å². The smallest absolute Gasteiger partial charge is 0.417 e. The molecule has 3 aromatic carbocycles. The van der Waals surface area contributed by atoms with Crippen molar-refractivity contribution in [2.75, 3.05) is 38.6 Å². The van der Waals surface area contributed by atoms with Crippen molar-refractivity contribution in [2.45, 2.75) is 58.5 Å². The number of hydrogen-bond acceptors (Lipinski definition) is 7. The van der Waals surface area contributed by atoms with Gasteiger partial charge in [-0.3, -0.25) is 24.4 Å². The molecule has 9 nitrogen and oxygen atoms in total. The summed E-state index contributed by atoms with van der Waals surface area (Å²) in [5.41, 5.74) is 5.46. The van der Waals surface area contributed by atoms with Crippen molar-refractivity contribution >= 4 is 29.7 Å². The molecule has 0 unspecified atom stereocenters.